The number of hydrogen-bond acceptors (Lipinski definition) is 7. The van der Waals surface area contributed by atoms with Crippen LogP contribution in [0.4, 0.5) is 10.5 Å². The average molecular weight is 443 g/mol. The molecule has 0 atom stereocenters. The van der Waals surface area contributed by atoms with Crippen molar-refractivity contribution in [2.24, 2.45) is 0 Å². The molecule has 0 aliphatic heterocycles. The van der Waals surface area contributed by atoms with Gasteiger partial charge in [0.1, 0.15) is 5.69 Å². The Kier molecular flexibility index (Phi) is 4.43. The molecule has 3 heterocycles. The number of aromatic nitrogens is 5. The van der Waals surface area contributed by atoms with Gasteiger partial charge in [0.25, 0.3) is 5.89 Å². The number of benzene rings is 2. The molecule has 32 heavy (non-hydrogen) atoms. The molecule has 0 unspecified atom stereocenters. The van der Waals surface area contributed by atoms with Crippen LogP contribution in [0.2, 0.25) is 0 Å². The molecule has 0 radical (unpaired) electrons. The van der Waals surface area contributed by atoms with Gasteiger partial charge in [-0.25, -0.2) is 14.8 Å². The van der Waals surface area contributed by atoms with Crippen molar-refractivity contribution in [1.82, 2.24) is 30.4 Å². The predicted molar refractivity (Wildman–Crippen MR) is 121 cm³/mol. The van der Waals surface area contributed by atoms with Crippen LogP contribution in [0.5, 0.6) is 0 Å². The van der Waals surface area contributed by atoms with E-state index in [9.17, 15) is 4.79 Å². The highest BCUT2D eigenvalue weighted by Crippen LogP contribution is 2.27. The van der Waals surface area contributed by atoms with E-state index in [0.29, 0.717) is 23.4 Å². The minimum Gasteiger partial charge on any atom is -0.337 e. The van der Waals surface area contributed by atoms with Crippen molar-refractivity contribution < 1.29 is 9.32 Å². The molecule has 10 heteroatoms. The van der Waals surface area contributed by atoms with Crippen LogP contribution in [-0.4, -0.2) is 37.2 Å². The van der Waals surface area contributed by atoms with Crippen LogP contribution in [0.1, 0.15) is 12.8 Å². The first-order chi connectivity index (χ1) is 15.7. The van der Waals surface area contributed by atoms with Crippen molar-refractivity contribution in [3.05, 3.63) is 53.4 Å². The second kappa shape index (κ2) is 7.57. The van der Waals surface area contributed by atoms with Crippen LogP contribution in [0.25, 0.3) is 45.4 Å². The zero-order chi connectivity index (χ0) is 21.5. The van der Waals surface area contributed by atoms with E-state index in [2.05, 4.69) is 35.7 Å². The zero-order valence-corrected chi connectivity index (χ0v) is 17.5. The Morgan fingerprint density at radius 2 is 2.06 bits per heavy atom. The number of urea groups is 1. The van der Waals surface area contributed by atoms with Crippen LogP contribution in [0, 0.1) is 0 Å². The standard InChI is InChI=1S/C22H17N7O2S/c30-22(24-14-5-6-14)25-15-3-1-2-13(8-15)21-28-19(29-31-21)12-4-7-16-17(9-12)27-20(26-16)18-10-32-11-23-18/h1-4,7-11,14H,5-6H2,(H,26,27)(H2,24,25,30). The molecule has 0 saturated heterocycles. The molecule has 9 nitrogen and oxygen atoms in total. The average Bonchev–Trinajstić information content (AvgIpc) is 3.22. The van der Waals surface area contributed by atoms with Crippen LogP contribution in [0.3, 0.4) is 0 Å². The summed E-state index contributed by atoms with van der Waals surface area (Å²) in [5.74, 6) is 1.57. The van der Waals surface area contributed by atoms with Gasteiger partial charge in [0.2, 0.25) is 5.82 Å². The van der Waals surface area contributed by atoms with E-state index in [1.807, 2.05) is 47.8 Å². The number of aromatic amines is 1. The second-order valence-corrected chi connectivity index (χ2v) is 8.29. The highest BCUT2D eigenvalue weighted by molar-refractivity contribution is 7.07. The normalized spacial score (nSPS) is 13.4. The number of anilines is 1. The van der Waals surface area contributed by atoms with Gasteiger partial charge >= 0.3 is 6.03 Å². The maximum atomic E-state index is 12.0. The molecule has 6 rings (SSSR count). The molecule has 0 bridgehead atoms. The fourth-order valence-electron chi connectivity index (χ4n) is 3.37. The molecule has 1 aliphatic carbocycles. The van der Waals surface area contributed by atoms with Gasteiger partial charge in [-0.2, -0.15) is 4.98 Å². The van der Waals surface area contributed by atoms with E-state index in [1.54, 1.807) is 5.51 Å². The fraction of sp³-hybridized carbons (Fsp3) is 0.136. The molecule has 1 fully saturated rings. The Morgan fingerprint density at radius 3 is 2.91 bits per heavy atom. The summed E-state index contributed by atoms with van der Waals surface area (Å²) in [5.41, 5.74) is 6.48. The van der Waals surface area contributed by atoms with Gasteiger partial charge in [-0.15, -0.1) is 11.3 Å². The van der Waals surface area contributed by atoms with E-state index >= 15 is 0 Å². The second-order valence-electron chi connectivity index (χ2n) is 7.57. The number of nitrogens with one attached hydrogen (secondary N) is 3. The number of fused-ring (bicyclic) bond motifs is 1. The van der Waals surface area contributed by atoms with Crippen molar-refractivity contribution >= 4 is 34.1 Å². The number of hydrogen-bond donors (Lipinski definition) is 3. The lowest BCUT2D eigenvalue weighted by Gasteiger charge is -2.06. The highest BCUT2D eigenvalue weighted by atomic mass is 32.1. The van der Waals surface area contributed by atoms with Gasteiger partial charge in [-0.1, -0.05) is 11.2 Å². The lowest BCUT2D eigenvalue weighted by molar-refractivity contribution is 0.251. The molecule has 1 aliphatic rings. The fourth-order valence-corrected chi connectivity index (χ4v) is 3.90. The highest BCUT2D eigenvalue weighted by Gasteiger charge is 2.23. The number of carbonyl (C=O) groups is 1. The Morgan fingerprint density at radius 1 is 1.12 bits per heavy atom. The minimum atomic E-state index is -0.208. The third-order valence-corrected chi connectivity index (χ3v) is 5.71. The number of amides is 2. The molecular formula is C22H17N7O2S. The quantitative estimate of drug-likeness (QED) is 0.362. The number of rotatable bonds is 5. The molecule has 3 N–H and O–H groups in total. The van der Waals surface area contributed by atoms with E-state index in [-0.39, 0.29) is 6.03 Å². The van der Waals surface area contributed by atoms with E-state index < -0.39 is 0 Å². The van der Waals surface area contributed by atoms with Gasteiger partial charge in [-0.3, -0.25) is 0 Å². The van der Waals surface area contributed by atoms with Crippen LogP contribution < -0.4 is 10.6 Å². The maximum Gasteiger partial charge on any atom is 0.319 e. The predicted octanol–water partition coefficient (Wildman–Crippen LogP) is 4.69. The van der Waals surface area contributed by atoms with E-state index in [4.69, 9.17) is 4.52 Å². The minimum absolute atomic E-state index is 0.208. The first-order valence-corrected chi connectivity index (χ1v) is 11.1. The molecule has 1 saturated carbocycles. The zero-order valence-electron chi connectivity index (χ0n) is 16.7. The number of nitrogens with zero attached hydrogens (tertiary/aromatic N) is 4. The maximum absolute atomic E-state index is 12.0. The summed E-state index contributed by atoms with van der Waals surface area (Å²) in [6, 6.07) is 13.2. The number of thiazole rings is 1. The Bertz CT molecular complexity index is 1420. The molecule has 0 spiro atoms. The van der Waals surface area contributed by atoms with E-state index in [0.717, 1.165) is 46.5 Å². The van der Waals surface area contributed by atoms with Gasteiger partial charge in [0.05, 0.1) is 16.5 Å². The number of carbonyl (C=O) groups excluding carboxylic acids is 1. The van der Waals surface area contributed by atoms with Crippen LogP contribution in [-0.2, 0) is 0 Å². The Hall–Kier alpha value is -4.05. The number of imidazole rings is 1. The van der Waals surface area contributed by atoms with Crippen molar-refractivity contribution in [3.63, 3.8) is 0 Å². The van der Waals surface area contributed by atoms with Crippen LogP contribution >= 0.6 is 11.3 Å². The van der Waals surface area contributed by atoms with Gasteiger partial charge in [0.15, 0.2) is 5.82 Å². The molecule has 158 valence electrons. The molecule has 5 aromatic rings. The summed E-state index contributed by atoms with van der Waals surface area (Å²) >= 11 is 1.52. The van der Waals surface area contributed by atoms with Crippen molar-refractivity contribution in [1.29, 1.82) is 0 Å². The van der Waals surface area contributed by atoms with E-state index in [1.165, 1.54) is 11.3 Å². The first kappa shape index (κ1) is 18.7. The van der Waals surface area contributed by atoms with Gasteiger partial charge in [-0.05, 0) is 49.2 Å². The van der Waals surface area contributed by atoms with Crippen molar-refractivity contribution in [3.8, 4) is 34.4 Å². The molecule has 3 aromatic heterocycles. The summed E-state index contributed by atoms with van der Waals surface area (Å²) in [5, 5.41) is 11.8. The smallest absolute Gasteiger partial charge is 0.319 e. The molecule has 2 amide bonds. The van der Waals surface area contributed by atoms with Crippen molar-refractivity contribution in [2.45, 2.75) is 18.9 Å². The van der Waals surface area contributed by atoms with Gasteiger partial charge < -0.3 is 20.1 Å². The first-order valence-electron chi connectivity index (χ1n) is 10.1. The lowest BCUT2D eigenvalue weighted by Crippen LogP contribution is -2.30. The van der Waals surface area contributed by atoms with Gasteiger partial charge in [0, 0.05) is 28.2 Å². The lowest BCUT2D eigenvalue weighted by atomic mass is 10.2. The largest absolute Gasteiger partial charge is 0.337 e. The summed E-state index contributed by atoms with van der Waals surface area (Å²) in [6.07, 6.45) is 2.07. The number of H-pyrrole nitrogens is 1. The molecule has 2 aromatic carbocycles. The summed E-state index contributed by atoms with van der Waals surface area (Å²) < 4.78 is 5.49. The van der Waals surface area contributed by atoms with Crippen molar-refractivity contribution in [2.75, 3.05) is 5.32 Å². The SMILES string of the molecule is O=C(Nc1cccc(-c2nc(-c3ccc4nc(-c5cscn5)[nH]c4c3)no2)c1)NC1CC1. The Labute approximate surface area is 185 Å². The Balaban J connectivity index is 1.25. The third kappa shape index (κ3) is 3.71. The summed E-state index contributed by atoms with van der Waals surface area (Å²) in [4.78, 5) is 28.7. The van der Waals surface area contributed by atoms with Crippen LogP contribution in [0.15, 0.2) is 57.9 Å². The summed E-state index contributed by atoms with van der Waals surface area (Å²) in [6.45, 7) is 0. The summed E-state index contributed by atoms with van der Waals surface area (Å²) in [7, 11) is 0. The monoisotopic (exact) mass is 443 g/mol. The topological polar surface area (TPSA) is 122 Å². The third-order valence-electron chi connectivity index (χ3n) is 5.12. The molecular weight excluding hydrogens is 426 g/mol.